The van der Waals surface area contributed by atoms with Gasteiger partial charge in [-0.25, -0.2) is 19.7 Å². The summed E-state index contributed by atoms with van der Waals surface area (Å²) in [5.41, 5.74) is 2.07. The van der Waals surface area contributed by atoms with Crippen LogP contribution in [-0.2, 0) is 28.1 Å². The molecule has 0 bridgehead atoms. The SMILES string of the molecule is BrC1CCCC1.C.COOSc1ccc(-c2sc(C)nc2O)cc1.COOSc1ccc(-c2sc(C)nc2OC2CCCC2)cc1.O=CO[O-].[H-].[K+].[K+]. The van der Waals surface area contributed by atoms with Crippen LogP contribution < -0.4 is 113 Å². The van der Waals surface area contributed by atoms with Gasteiger partial charge < -0.3 is 21.4 Å². The molecule has 2 aliphatic rings. The number of carbonyl (C=O) groups is 1. The van der Waals surface area contributed by atoms with Crippen LogP contribution in [0.3, 0.4) is 0 Å². The second-order valence-corrected chi connectivity index (χ2v) is 15.8. The van der Waals surface area contributed by atoms with Gasteiger partial charge in [0.25, 0.3) is 6.47 Å². The first-order chi connectivity index (χ1) is 23.8. The van der Waals surface area contributed by atoms with Crippen LogP contribution in [0.1, 0.15) is 70.2 Å². The van der Waals surface area contributed by atoms with Crippen molar-refractivity contribution >= 4 is 69.2 Å². The zero-order chi connectivity index (χ0) is 35.4. The molecule has 0 spiro atoms. The third kappa shape index (κ3) is 19.9. The Balaban J connectivity index is 0. The Morgan fingerprint density at radius 1 is 0.808 bits per heavy atom. The van der Waals surface area contributed by atoms with E-state index in [1.807, 2.05) is 50.2 Å². The molecular weight excluding hydrogens is 867 g/mol. The molecule has 0 radical (unpaired) electrons. The molecule has 2 fully saturated rings. The van der Waals surface area contributed by atoms with Crippen molar-refractivity contribution in [1.29, 1.82) is 0 Å². The van der Waals surface area contributed by atoms with Crippen LogP contribution in [-0.4, -0.2) is 46.7 Å². The van der Waals surface area contributed by atoms with Crippen molar-refractivity contribution in [3.05, 3.63) is 58.5 Å². The van der Waals surface area contributed by atoms with Crippen molar-refractivity contribution in [2.24, 2.45) is 0 Å². The van der Waals surface area contributed by atoms with Gasteiger partial charge in [-0.05, 0) is 87.8 Å². The van der Waals surface area contributed by atoms with Crippen molar-refractivity contribution in [3.8, 4) is 32.6 Å². The number of hydrogen-bond donors (Lipinski definition) is 1. The zero-order valence-corrected chi connectivity index (χ0v) is 40.7. The minimum atomic E-state index is -0.181. The van der Waals surface area contributed by atoms with Gasteiger partial charge in [0, 0.05) is 14.6 Å². The molecule has 2 aromatic heterocycles. The monoisotopic (exact) mass is 910 g/mol. The number of alkyl halides is 1. The third-order valence-corrected chi connectivity index (χ3v) is 11.2. The van der Waals surface area contributed by atoms with E-state index in [2.05, 4.69) is 52.7 Å². The summed E-state index contributed by atoms with van der Waals surface area (Å²) >= 11 is 9.01. The first-order valence-corrected chi connectivity index (χ1v) is 19.4. The van der Waals surface area contributed by atoms with Gasteiger partial charge in [-0.1, -0.05) is 60.5 Å². The number of halogens is 1. The van der Waals surface area contributed by atoms with Crippen LogP contribution in [0.25, 0.3) is 20.9 Å². The normalized spacial score (nSPS) is 13.3. The predicted molar refractivity (Wildman–Crippen MR) is 203 cm³/mol. The van der Waals surface area contributed by atoms with Gasteiger partial charge in [-0.15, -0.1) is 22.7 Å². The average molecular weight is 912 g/mol. The fourth-order valence-corrected chi connectivity index (χ4v) is 7.90. The number of benzene rings is 2. The Morgan fingerprint density at radius 3 is 1.62 bits per heavy atom. The molecule has 2 saturated carbocycles. The fourth-order valence-electron chi connectivity index (χ4n) is 4.78. The van der Waals surface area contributed by atoms with Crippen molar-refractivity contribution < 1.29 is 147 Å². The van der Waals surface area contributed by atoms with Gasteiger partial charge in [0.2, 0.25) is 11.8 Å². The number of rotatable bonds is 11. The van der Waals surface area contributed by atoms with E-state index in [0.717, 1.165) is 76.3 Å². The average Bonchev–Trinajstić information content (AvgIpc) is 3.94. The van der Waals surface area contributed by atoms with Gasteiger partial charge in [0.1, 0.15) is 6.10 Å². The van der Waals surface area contributed by atoms with E-state index in [4.69, 9.17) is 23.5 Å². The minimum Gasteiger partial charge on any atom is -1.00 e. The van der Waals surface area contributed by atoms with Crippen LogP contribution >= 0.6 is 62.7 Å². The van der Waals surface area contributed by atoms with Crippen LogP contribution in [0.15, 0.2) is 58.3 Å². The molecule has 0 saturated heterocycles. The van der Waals surface area contributed by atoms with Gasteiger partial charge in [0.05, 0.1) is 58.1 Å². The molecule has 11 nitrogen and oxygen atoms in total. The van der Waals surface area contributed by atoms with Gasteiger partial charge >= 0.3 is 103 Å². The zero-order valence-electron chi connectivity index (χ0n) is 30.6. The molecule has 2 aromatic carbocycles. The Labute approximate surface area is 418 Å². The van der Waals surface area contributed by atoms with E-state index in [9.17, 15) is 5.11 Å². The first kappa shape index (κ1) is 53.0. The molecule has 278 valence electrons. The maximum Gasteiger partial charge on any atom is 1.00 e. The van der Waals surface area contributed by atoms with E-state index >= 15 is 0 Å². The minimum absolute atomic E-state index is 0. The topological polar surface area (TPSA) is 142 Å². The Hall–Kier alpha value is 1.02. The van der Waals surface area contributed by atoms with E-state index in [1.54, 1.807) is 11.3 Å². The Morgan fingerprint density at radius 2 is 1.23 bits per heavy atom. The van der Waals surface area contributed by atoms with Crippen molar-refractivity contribution in [3.63, 3.8) is 0 Å². The molecule has 4 aromatic rings. The summed E-state index contributed by atoms with van der Waals surface area (Å²) in [6, 6.07) is 15.8. The first-order valence-electron chi connectivity index (χ1n) is 15.4. The number of aryl methyl sites for hydroxylation is 2. The van der Waals surface area contributed by atoms with Crippen LogP contribution in [0.4, 0.5) is 0 Å². The molecule has 2 aliphatic carbocycles. The van der Waals surface area contributed by atoms with Crippen LogP contribution in [0, 0.1) is 13.8 Å². The molecule has 0 aliphatic heterocycles. The molecule has 1 N–H and O–H groups in total. The summed E-state index contributed by atoms with van der Waals surface area (Å²) in [4.78, 5) is 33.6. The fraction of sp³-hybridized carbons (Fsp3) is 0.441. The number of hydrogen-bond acceptors (Lipinski definition) is 15. The number of ether oxygens (including phenoxy) is 1. The maximum absolute atomic E-state index is 9.64. The number of thiazole rings is 2. The van der Waals surface area contributed by atoms with Gasteiger partial charge in [0.15, 0.2) is 0 Å². The summed E-state index contributed by atoms with van der Waals surface area (Å²) in [5, 5.41) is 20.0. The van der Waals surface area contributed by atoms with E-state index in [1.165, 1.54) is 76.1 Å². The molecule has 0 amide bonds. The van der Waals surface area contributed by atoms with E-state index < -0.39 is 0 Å². The smallest absolute Gasteiger partial charge is 1.00 e. The molecule has 0 unspecified atom stereocenters. The standard InChI is InChI=1S/C16H19NO3S2.C11H11NO3S2.C5H9Br.CH2O3.CH4.2K.H/c1-11-17-16(19-13-5-3-4-6-13)15(21-11)12-7-9-14(10-8-12)22-20-18-2;1-7-12-11(13)10(16-7)8-3-5-9(6-4-8)17-15-14-2;6-5-3-1-2-4-5;2-1-4-3;;;;/h7-10,13H,3-6H2,1-2H3;3-6,13H,1-2H3;5H,1-4H2;1,3H;1H4;;;/q;;;;;2*+1;-1/p-1. The van der Waals surface area contributed by atoms with Crippen LogP contribution in [0.2, 0.25) is 0 Å². The summed E-state index contributed by atoms with van der Waals surface area (Å²) in [5.74, 6) is 0.865. The van der Waals surface area contributed by atoms with Crippen molar-refractivity contribution in [2.45, 2.75) is 93.4 Å². The molecule has 6 rings (SSSR count). The second-order valence-electron chi connectivity index (χ2n) is 10.5. The largest absolute Gasteiger partial charge is 1.00 e. The van der Waals surface area contributed by atoms with Gasteiger partial charge in [-0.2, -0.15) is 8.67 Å². The van der Waals surface area contributed by atoms with Crippen molar-refractivity contribution in [1.82, 2.24) is 9.97 Å². The Kier molecular flexibility index (Phi) is 31.7. The number of carbonyl (C=O) groups excluding carboxylic acids is 1. The summed E-state index contributed by atoms with van der Waals surface area (Å²) in [6.07, 6.45) is 10.8. The summed E-state index contributed by atoms with van der Waals surface area (Å²) < 4.78 is 15.7. The number of aromatic hydroxyl groups is 1. The molecule has 18 heteroatoms. The summed E-state index contributed by atoms with van der Waals surface area (Å²) in [7, 11) is 2.95. The molecule has 0 atom stereocenters. The van der Waals surface area contributed by atoms with Crippen molar-refractivity contribution in [2.75, 3.05) is 14.2 Å². The van der Waals surface area contributed by atoms with E-state index in [0.29, 0.717) is 6.10 Å². The second kappa shape index (κ2) is 31.1. The third-order valence-electron chi connectivity index (χ3n) is 6.95. The maximum atomic E-state index is 9.64. The quantitative estimate of drug-likeness (QED) is 0.0581. The predicted octanol–water partition coefficient (Wildman–Crippen LogP) is 3.95. The van der Waals surface area contributed by atoms with Crippen LogP contribution in [0.5, 0.6) is 11.8 Å². The van der Waals surface area contributed by atoms with E-state index in [-0.39, 0.29) is 124 Å². The number of aromatic nitrogens is 2. The summed E-state index contributed by atoms with van der Waals surface area (Å²) in [6.45, 7) is 3.71. The molecular formula is C34H45BrK2N2O9S4. The number of nitrogens with zero attached hydrogens (tertiary/aromatic N) is 2. The van der Waals surface area contributed by atoms with Gasteiger partial charge in [-0.3, -0.25) is 4.79 Å². The molecule has 2 heterocycles. The Bertz CT molecular complexity index is 1520. The molecule has 52 heavy (non-hydrogen) atoms.